The molecule has 14 heavy (non-hydrogen) atoms. The molecule has 0 spiro atoms. The first-order valence-corrected chi connectivity index (χ1v) is 4.93. The van der Waals surface area contributed by atoms with E-state index in [1.54, 1.807) is 12.1 Å². The third-order valence-electron chi connectivity index (χ3n) is 2.01. The van der Waals surface area contributed by atoms with Gasteiger partial charge in [-0.1, -0.05) is 0 Å². The van der Waals surface area contributed by atoms with Crippen molar-refractivity contribution in [2.24, 2.45) is 5.73 Å². The van der Waals surface area contributed by atoms with Gasteiger partial charge in [-0.25, -0.2) is 4.39 Å². The van der Waals surface area contributed by atoms with Crippen LogP contribution in [0, 0.1) is 5.82 Å². The van der Waals surface area contributed by atoms with Crippen LogP contribution in [0.1, 0.15) is 19.8 Å². The Hall–Kier alpha value is -1.09. The van der Waals surface area contributed by atoms with Crippen LogP contribution < -0.4 is 11.1 Å². The lowest BCUT2D eigenvalue weighted by Crippen LogP contribution is -2.16. The highest BCUT2D eigenvalue weighted by atomic mass is 19.1. The lowest BCUT2D eigenvalue weighted by atomic mass is 10.2. The van der Waals surface area contributed by atoms with Crippen molar-refractivity contribution >= 4 is 5.69 Å². The van der Waals surface area contributed by atoms with Crippen LogP contribution >= 0.6 is 0 Å². The van der Waals surface area contributed by atoms with Crippen LogP contribution in [0.2, 0.25) is 0 Å². The fraction of sp³-hybridized carbons (Fsp3) is 0.455. The van der Waals surface area contributed by atoms with Crippen molar-refractivity contribution in [2.75, 3.05) is 11.9 Å². The first kappa shape index (κ1) is 11.0. The van der Waals surface area contributed by atoms with Gasteiger partial charge in [-0.2, -0.15) is 0 Å². The van der Waals surface area contributed by atoms with Gasteiger partial charge in [-0.15, -0.1) is 0 Å². The topological polar surface area (TPSA) is 38.0 Å². The molecule has 2 nitrogen and oxygen atoms in total. The molecule has 1 aromatic carbocycles. The summed E-state index contributed by atoms with van der Waals surface area (Å²) >= 11 is 0. The summed E-state index contributed by atoms with van der Waals surface area (Å²) in [5.41, 5.74) is 6.57. The van der Waals surface area contributed by atoms with Gasteiger partial charge < -0.3 is 11.1 Å². The molecule has 0 saturated heterocycles. The molecule has 0 saturated carbocycles. The Balaban J connectivity index is 2.21. The van der Waals surface area contributed by atoms with Crippen LogP contribution in [0.3, 0.4) is 0 Å². The lowest BCUT2D eigenvalue weighted by Gasteiger charge is -2.07. The fourth-order valence-electron chi connectivity index (χ4n) is 1.22. The van der Waals surface area contributed by atoms with E-state index in [9.17, 15) is 4.39 Å². The van der Waals surface area contributed by atoms with Crippen LogP contribution in [0.25, 0.3) is 0 Å². The van der Waals surface area contributed by atoms with Crippen molar-refractivity contribution in [3.05, 3.63) is 30.1 Å². The van der Waals surface area contributed by atoms with Gasteiger partial charge in [-0.3, -0.25) is 0 Å². The van der Waals surface area contributed by atoms with Crippen LogP contribution in [-0.2, 0) is 0 Å². The van der Waals surface area contributed by atoms with E-state index in [4.69, 9.17) is 5.73 Å². The Morgan fingerprint density at radius 1 is 1.36 bits per heavy atom. The van der Waals surface area contributed by atoms with Gasteiger partial charge in [0.25, 0.3) is 0 Å². The van der Waals surface area contributed by atoms with Crippen LogP contribution in [-0.4, -0.2) is 12.6 Å². The molecule has 0 aliphatic heterocycles. The molecule has 0 fully saturated rings. The number of hydrogen-bond donors (Lipinski definition) is 2. The number of nitrogens with two attached hydrogens (primary N) is 1. The minimum Gasteiger partial charge on any atom is -0.385 e. The van der Waals surface area contributed by atoms with E-state index in [0.29, 0.717) is 0 Å². The van der Waals surface area contributed by atoms with Gasteiger partial charge in [0, 0.05) is 18.3 Å². The van der Waals surface area contributed by atoms with Gasteiger partial charge >= 0.3 is 0 Å². The van der Waals surface area contributed by atoms with Gasteiger partial charge in [0.05, 0.1) is 0 Å². The first-order chi connectivity index (χ1) is 6.68. The Kier molecular flexibility index (Phi) is 4.40. The van der Waals surface area contributed by atoms with Crippen LogP contribution in [0.15, 0.2) is 24.3 Å². The number of anilines is 1. The van der Waals surface area contributed by atoms with E-state index in [2.05, 4.69) is 5.32 Å². The Bertz CT molecular complexity index is 256. The normalized spacial score (nSPS) is 12.5. The first-order valence-electron chi connectivity index (χ1n) is 4.93. The molecule has 1 rings (SSSR count). The summed E-state index contributed by atoms with van der Waals surface area (Å²) in [6.07, 6.45) is 2.04. The highest BCUT2D eigenvalue weighted by Gasteiger charge is 1.95. The quantitative estimate of drug-likeness (QED) is 0.709. The molecule has 3 heteroatoms. The van der Waals surface area contributed by atoms with Gasteiger partial charge in [0.1, 0.15) is 5.82 Å². The summed E-state index contributed by atoms with van der Waals surface area (Å²) in [5.74, 6) is -0.203. The summed E-state index contributed by atoms with van der Waals surface area (Å²) < 4.78 is 12.5. The average molecular weight is 196 g/mol. The van der Waals surface area contributed by atoms with Gasteiger partial charge in [0.15, 0.2) is 0 Å². The third-order valence-corrected chi connectivity index (χ3v) is 2.01. The van der Waals surface area contributed by atoms with Gasteiger partial charge in [-0.05, 0) is 44.0 Å². The smallest absolute Gasteiger partial charge is 0.123 e. The molecule has 0 radical (unpaired) electrons. The van der Waals surface area contributed by atoms with Crippen molar-refractivity contribution < 1.29 is 4.39 Å². The average Bonchev–Trinajstić information content (AvgIpc) is 2.15. The molecule has 0 heterocycles. The number of hydrogen-bond acceptors (Lipinski definition) is 2. The molecular weight excluding hydrogens is 179 g/mol. The maximum absolute atomic E-state index is 12.5. The second-order valence-corrected chi connectivity index (χ2v) is 3.55. The zero-order chi connectivity index (χ0) is 10.4. The number of nitrogens with one attached hydrogen (secondary N) is 1. The fourth-order valence-corrected chi connectivity index (χ4v) is 1.22. The zero-order valence-electron chi connectivity index (χ0n) is 8.46. The number of halogens is 1. The predicted octanol–water partition coefficient (Wildman–Crippen LogP) is 2.37. The molecule has 0 aromatic heterocycles. The Labute approximate surface area is 84.3 Å². The van der Waals surface area contributed by atoms with E-state index in [-0.39, 0.29) is 11.9 Å². The molecule has 78 valence electrons. The highest BCUT2D eigenvalue weighted by molar-refractivity contribution is 5.42. The molecule has 1 atom stereocenters. The molecule has 3 N–H and O–H groups in total. The summed E-state index contributed by atoms with van der Waals surface area (Å²) in [7, 11) is 0. The molecule has 1 aromatic rings. The number of rotatable bonds is 5. The second kappa shape index (κ2) is 5.60. The van der Waals surface area contributed by atoms with Crippen molar-refractivity contribution in [1.29, 1.82) is 0 Å². The standard InChI is InChI=1S/C11H17FN2/c1-9(13)3-2-8-14-11-6-4-10(12)5-7-11/h4-7,9,14H,2-3,8,13H2,1H3. The molecule has 0 amide bonds. The van der Waals surface area contributed by atoms with E-state index in [1.165, 1.54) is 12.1 Å². The Morgan fingerprint density at radius 2 is 2.00 bits per heavy atom. The second-order valence-electron chi connectivity index (χ2n) is 3.55. The SMILES string of the molecule is CC(N)CCCNc1ccc(F)cc1. The predicted molar refractivity (Wildman–Crippen MR) is 57.8 cm³/mol. The van der Waals surface area contributed by atoms with Gasteiger partial charge in [0.2, 0.25) is 0 Å². The molecule has 0 aliphatic carbocycles. The maximum Gasteiger partial charge on any atom is 0.123 e. The largest absolute Gasteiger partial charge is 0.385 e. The zero-order valence-corrected chi connectivity index (χ0v) is 8.46. The molecule has 0 bridgehead atoms. The highest BCUT2D eigenvalue weighted by Crippen LogP contribution is 2.08. The van der Waals surface area contributed by atoms with E-state index < -0.39 is 0 Å². The van der Waals surface area contributed by atoms with E-state index in [1.807, 2.05) is 6.92 Å². The van der Waals surface area contributed by atoms with Crippen molar-refractivity contribution in [1.82, 2.24) is 0 Å². The molecule has 1 unspecified atom stereocenters. The van der Waals surface area contributed by atoms with E-state index >= 15 is 0 Å². The molecule has 0 aliphatic rings. The summed E-state index contributed by atoms with van der Waals surface area (Å²) in [4.78, 5) is 0. The molecular formula is C11H17FN2. The van der Waals surface area contributed by atoms with Crippen LogP contribution in [0.4, 0.5) is 10.1 Å². The van der Waals surface area contributed by atoms with Crippen molar-refractivity contribution in [3.63, 3.8) is 0 Å². The number of benzene rings is 1. The summed E-state index contributed by atoms with van der Waals surface area (Å²) in [5, 5.41) is 3.20. The maximum atomic E-state index is 12.5. The van der Waals surface area contributed by atoms with Crippen molar-refractivity contribution in [3.8, 4) is 0 Å². The summed E-state index contributed by atoms with van der Waals surface area (Å²) in [6, 6.07) is 6.63. The minimum absolute atomic E-state index is 0.203. The lowest BCUT2D eigenvalue weighted by molar-refractivity contribution is 0.627. The van der Waals surface area contributed by atoms with Crippen LogP contribution in [0.5, 0.6) is 0 Å². The monoisotopic (exact) mass is 196 g/mol. The van der Waals surface area contributed by atoms with E-state index in [0.717, 1.165) is 25.1 Å². The van der Waals surface area contributed by atoms with Crippen molar-refractivity contribution in [2.45, 2.75) is 25.8 Å². The third kappa shape index (κ3) is 4.23. The summed E-state index contributed by atoms with van der Waals surface area (Å²) in [6.45, 7) is 2.88. The Morgan fingerprint density at radius 3 is 2.57 bits per heavy atom. The minimum atomic E-state index is -0.203.